The summed E-state index contributed by atoms with van der Waals surface area (Å²) in [7, 11) is 0. The summed E-state index contributed by atoms with van der Waals surface area (Å²) in [6, 6.07) is 6.19. The number of carbonyl (C=O) groups is 1. The smallest absolute Gasteiger partial charge is 0.250 e. The van der Waals surface area contributed by atoms with Gasteiger partial charge >= 0.3 is 0 Å². The molecule has 0 aliphatic heterocycles. The van der Waals surface area contributed by atoms with Crippen LogP contribution in [0.4, 0.5) is 11.4 Å². The number of nitrogens with zero attached hydrogens (tertiary/aromatic N) is 1. The Hall–Kier alpha value is -1.77. The van der Waals surface area contributed by atoms with E-state index in [1.807, 2.05) is 39.0 Å². The van der Waals surface area contributed by atoms with E-state index in [4.69, 9.17) is 0 Å². The Morgan fingerprint density at radius 2 is 1.95 bits per heavy atom. The van der Waals surface area contributed by atoms with Crippen LogP contribution in [0.15, 0.2) is 29.8 Å². The summed E-state index contributed by atoms with van der Waals surface area (Å²) in [4.78, 5) is 14.2. The van der Waals surface area contributed by atoms with E-state index in [9.17, 15) is 4.79 Å². The lowest BCUT2D eigenvalue weighted by Gasteiger charge is -2.22. The number of allylic oxidation sites excluding steroid dienone is 1. The fourth-order valence-corrected chi connectivity index (χ4v) is 1.88. The van der Waals surface area contributed by atoms with Crippen molar-refractivity contribution in [3.8, 4) is 0 Å². The molecule has 0 spiro atoms. The molecule has 0 bridgehead atoms. The first-order chi connectivity index (χ1) is 9.03. The Morgan fingerprint density at radius 1 is 1.32 bits per heavy atom. The van der Waals surface area contributed by atoms with E-state index in [0.29, 0.717) is 0 Å². The molecule has 0 unspecified atom stereocenters. The molecule has 0 aliphatic carbocycles. The number of anilines is 2. The number of amides is 1. The maximum Gasteiger partial charge on any atom is 0.250 e. The average Bonchev–Trinajstić information content (AvgIpc) is 2.42. The molecule has 1 amide bonds. The largest absolute Gasteiger partial charge is 0.372 e. The fraction of sp³-hybridized carbons (Fsp3) is 0.438. The van der Waals surface area contributed by atoms with E-state index in [1.54, 1.807) is 0 Å². The second kappa shape index (κ2) is 6.98. The molecule has 1 aromatic rings. The van der Waals surface area contributed by atoms with Gasteiger partial charge in [0.2, 0.25) is 0 Å². The molecule has 0 fully saturated rings. The number of carbonyl (C=O) groups excluding carboxylic acids is 1. The molecule has 3 nitrogen and oxygen atoms in total. The van der Waals surface area contributed by atoms with Crippen LogP contribution in [-0.2, 0) is 4.79 Å². The van der Waals surface area contributed by atoms with E-state index < -0.39 is 0 Å². The van der Waals surface area contributed by atoms with Crippen molar-refractivity contribution in [1.29, 1.82) is 0 Å². The van der Waals surface area contributed by atoms with Crippen molar-refractivity contribution in [3.05, 3.63) is 35.4 Å². The van der Waals surface area contributed by atoms with Gasteiger partial charge in [0.1, 0.15) is 0 Å². The Balaban J connectivity index is 3.01. The number of rotatable bonds is 5. The lowest BCUT2D eigenvalue weighted by Crippen LogP contribution is -2.22. The van der Waals surface area contributed by atoms with Gasteiger partial charge in [0.15, 0.2) is 0 Å². The van der Waals surface area contributed by atoms with Gasteiger partial charge in [-0.2, -0.15) is 0 Å². The van der Waals surface area contributed by atoms with Gasteiger partial charge in [-0.15, -0.1) is 0 Å². The van der Waals surface area contributed by atoms with E-state index >= 15 is 0 Å². The fourth-order valence-electron chi connectivity index (χ4n) is 1.88. The van der Waals surface area contributed by atoms with Crippen molar-refractivity contribution < 1.29 is 4.79 Å². The third-order valence-corrected chi connectivity index (χ3v) is 3.39. The standard InChI is InChI=1S/C16H24N2O/c1-6-12(4)16(19)17-15-11-14(10-9-13(15)5)18(7-2)8-3/h6,9-11H,7-8H2,1-5H3,(H,17,19)/b12-6+. The zero-order valence-electron chi connectivity index (χ0n) is 12.6. The number of nitrogens with one attached hydrogen (secondary N) is 1. The molecule has 104 valence electrons. The third-order valence-electron chi connectivity index (χ3n) is 3.39. The molecule has 0 aliphatic rings. The Morgan fingerprint density at radius 3 is 2.47 bits per heavy atom. The van der Waals surface area contributed by atoms with Crippen LogP contribution >= 0.6 is 0 Å². The van der Waals surface area contributed by atoms with Crippen LogP contribution in [0, 0.1) is 6.92 Å². The summed E-state index contributed by atoms with van der Waals surface area (Å²) in [5.74, 6) is -0.0395. The van der Waals surface area contributed by atoms with Gasteiger partial charge < -0.3 is 10.2 Å². The van der Waals surface area contributed by atoms with Crippen LogP contribution in [0.25, 0.3) is 0 Å². The van der Waals surface area contributed by atoms with Gasteiger partial charge in [0, 0.05) is 30.0 Å². The number of benzene rings is 1. The van der Waals surface area contributed by atoms with E-state index in [-0.39, 0.29) is 5.91 Å². The minimum absolute atomic E-state index is 0.0395. The van der Waals surface area contributed by atoms with Crippen LogP contribution in [0.5, 0.6) is 0 Å². The van der Waals surface area contributed by atoms with Gasteiger partial charge in [-0.25, -0.2) is 0 Å². The molecule has 0 saturated heterocycles. The highest BCUT2D eigenvalue weighted by Gasteiger charge is 2.09. The summed E-state index contributed by atoms with van der Waals surface area (Å²) < 4.78 is 0. The van der Waals surface area contributed by atoms with Crippen molar-refractivity contribution in [2.75, 3.05) is 23.3 Å². The van der Waals surface area contributed by atoms with Crippen molar-refractivity contribution in [3.63, 3.8) is 0 Å². The summed E-state index contributed by atoms with van der Waals surface area (Å²) >= 11 is 0. The van der Waals surface area contributed by atoms with E-state index in [2.05, 4.69) is 30.1 Å². The zero-order chi connectivity index (χ0) is 14.4. The van der Waals surface area contributed by atoms with Crippen molar-refractivity contribution >= 4 is 17.3 Å². The molecule has 1 N–H and O–H groups in total. The van der Waals surface area contributed by atoms with Crippen molar-refractivity contribution in [1.82, 2.24) is 0 Å². The maximum atomic E-state index is 11.9. The monoisotopic (exact) mass is 260 g/mol. The van der Waals surface area contributed by atoms with Crippen molar-refractivity contribution in [2.45, 2.75) is 34.6 Å². The van der Waals surface area contributed by atoms with Gasteiger partial charge in [-0.3, -0.25) is 4.79 Å². The highest BCUT2D eigenvalue weighted by Crippen LogP contribution is 2.23. The van der Waals surface area contributed by atoms with Crippen LogP contribution in [-0.4, -0.2) is 19.0 Å². The normalized spacial score (nSPS) is 11.3. The van der Waals surface area contributed by atoms with E-state index in [0.717, 1.165) is 35.6 Å². The first-order valence-corrected chi connectivity index (χ1v) is 6.83. The van der Waals surface area contributed by atoms with Crippen molar-refractivity contribution in [2.24, 2.45) is 0 Å². The van der Waals surface area contributed by atoms with Crippen LogP contribution in [0.1, 0.15) is 33.3 Å². The quantitative estimate of drug-likeness (QED) is 0.818. The molecule has 1 rings (SSSR count). The molecule has 0 aromatic heterocycles. The topological polar surface area (TPSA) is 32.3 Å². The highest BCUT2D eigenvalue weighted by molar-refractivity contribution is 6.03. The first-order valence-electron chi connectivity index (χ1n) is 6.83. The van der Waals surface area contributed by atoms with E-state index in [1.165, 1.54) is 0 Å². The highest BCUT2D eigenvalue weighted by atomic mass is 16.1. The third kappa shape index (κ3) is 3.85. The SMILES string of the molecule is C/C=C(\C)C(=O)Nc1cc(N(CC)CC)ccc1C. The summed E-state index contributed by atoms with van der Waals surface area (Å²) in [5.41, 5.74) is 3.83. The Kier molecular flexibility index (Phi) is 5.61. The van der Waals surface area contributed by atoms with Gasteiger partial charge in [-0.1, -0.05) is 12.1 Å². The summed E-state index contributed by atoms with van der Waals surface area (Å²) in [6.45, 7) is 11.9. The molecule has 0 saturated carbocycles. The second-order valence-corrected chi connectivity index (χ2v) is 4.60. The lowest BCUT2D eigenvalue weighted by atomic mass is 10.1. The molecule has 3 heteroatoms. The van der Waals surface area contributed by atoms with Gasteiger partial charge in [0.25, 0.3) is 5.91 Å². The summed E-state index contributed by atoms with van der Waals surface area (Å²) in [5, 5.41) is 2.97. The van der Waals surface area contributed by atoms with Crippen LogP contribution in [0.2, 0.25) is 0 Å². The van der Waals surface area contributed by atoms with Crippen LogP contribution in [0.3, 0.4) is 0 Å². The molecule has 1 aromatic carbocycles. The van der Waals surface area contributed by atoms with Crippen LogP contribution < -0.4 is 10.2 Å². The molecule has 19 heavy (non-hydrogen) atoms. The molecular weight excluding hydrogens is 236 g/mol. The first kappa shape index (κ1) is 15.3. The number of hydrogen-bond acceptors (Lipinski definition) is 2. The number of aryl methyl sites for hydroxylation is 1. The second-order valence-electron chi connectivity index (χ2n) is 4.60. The molecule has 0 atom stereocenters. The minimum Gasteiger partial charge on any atom is -0.372 e. The molecular formula is C16H24N2O. The summed E-state index contributed by atoms with van der Waals surface area (Å²) in [6.07, 6.45) is 1.82. The molecule has 0 heterocycles. The Bertz CT molecular complexity index is 474. The minimum atomic E-state index is -0.0395. The predicted molar refractivity (Wildman–Crippen MR) is 82.8 cm³/mol. The number of hydrogen-bond donors (Lipinski definition) is 1. The van der Waals surface area contributed by atoms with Gasteiger partial charge in [-0.05, 0) is 52.3 Å². The Labute approximate surface area is 116 Å². The average molecular weight is 260 g/mol. The zero-order valence-corrected chi connectivity index (χ0v) is 12.6. The maximum absolute atomic E-state index is 11.9. The predicted octanol–water partition coefficient (Wildman–Crippen LogP) is 3.75. The van der Waals surface area contributed by atoms with Gasteiger partial charge in [0.05, 0.1) is 0 Å². The lowest BCUT2D eigenvalue weighted by molar-refractivity contribution is -0.112. The molecule has 0 radical (unpaired) electrons.